The Kier molecular flexibility index (Phi) is 4.02. The maximum absolute atomic E-state index is 11.6. The van der Waals surface area contributed by atoms with Crippen LogP contribution in [0.2, 0.25) is 0 Å². The number of fused-ring (bicyclic) bond motifs is 1. The zero-order valence-electron chi connectivity index (χ0n) is 13.2. The molecule has 1 fully saturated rings. The number of primary amides is 1. The molecule has 0 radical (unpaired) electrons. The zero-order chi connectivity index (χ0) is 15.7. The number of nitrogens with zero attached hydrogens (tertiary/aromatic N) is 4. The van der Waals surface area contributed by atoms with Crippen LogP contribution in [0.5, 0.6) is 0 Å². The molecule has 0 saturated carbocycles. The van der Waals surface area contributed by atoms with Crippen LogP contribution in [0.4, 0.5) is 5.95 Å². The van der Waals surface area contributed by atoms with Gasteiger partial charge in [0.1, 0.15) is 5.52 Å². The molecule has 0 unspecified atom stereocenters. The van der Waals surface area contributed by atoms with Crippen LogP contribution in [0.3, 0.4) is 0 Å². The van der Waals surface area contributed by atoms with Crippen molar-refractivity contribution in [2.75, 3.05) is 37.6 Å². The Morgan fingerprint density at radius 3 is 2.64 bits per heavy atom. The van der Waals surface area contributed by atoms with Crippen molar-refractivity contribution >= 4 is 22.9 Å². The van der Waals surface area contributed by atoms with Crippen molar-refractivity contribution in [2.24, 2.45) is 12.8 Å². The monoisotopic (exact) mass is 301 g/mol. The molecule has 1 aliphatic rings. The molecule has 6 heteroatoms. The SMILES string of the molecule is CCCN1CCN(c2nc3c(C(N)=O)cccc3n2C)CC1. The van der Waals surface area contributed by atoms with E-state index in [0.29, 0.717) is 11.1 Å². The molecule has 2 N–H and O–H groups in total. The van der Waals surface area contributed by atoms with Crippen LogP contribution in [-0.4, -0.2) is 53.1 Å². The van der Waals surface area contributed by atoms with Gasteiger partial charge in [-0.15, -0.1) is 0 Å². The number of hydrogen-bond acceptors (Lipinski definition) is 4. The summed E-state index contributed by atoms with van der Waals surface area (Å²) in [5.41, 5.74) is 7.59. The van der Waals surface area contributed by atoms with E-state index in [0.717, 1.165) is 44.2 Å². The van der Waals surface area contributed by atoms with Gasteiger partial charge in [-0.25, -0.2) is 4.98 Å². The fourth-order valence-corrected chi connectivity index (χ4v) is 3.17. The molecule has 3 rings (SSSR count). The van der Waals surface area contributed by atoms with Gasteiger partial charge in [-0.2, -0.15) is 0 Å². The molecule has 22 heavy (non-hydrogen) atoms. The molecule has 6 nitrogen and oxygen atoms in total. The van der Waals surface area contributed by atoms with Gasteiger partial charge in [-0.3, -0.25) is 9.69 Å². The third-order valence-electron chi connectivity index (χ3n) is 4.35. The quantitative estimate of drug-likeness (QED) is 0.921. The number of piperazine rings is 1. The standard InChI is InChI=1S/C16H23N5O/c1-3-7-20-8-10-21(11-9-20)16-18-14-12(15(17)22)5-4-6-13(14)19(16)2/h4-6H,3,7-11H2,1-2H3,(H2,17,22). The zero-order valence-corrected chi connectivity index (χ0v) is 13.2. The first-order chi connectivity index (χ1) is 10.6. The summed E-state index contributed by atoms with van der Waals surface area (Å²) in [5, 5.41) is 0. The molecule has 1 saturated heterocycles. The van der Waals surface area contributed by atoms with E-state index >= 15 is 0 Å². The van der Waals surface area contributed by atoms with Crippen molar-refractivity contribution in [3.63, 3.8) is 0 Å². The summed E-state index contributed by atoms with van der Waals surface area (Å²) in [6, 6.07) is 5.57. The Morgan fingerprint density at radius 2 is 2.00 bits per heavy atom. The Morgan fingerprint density at radius 1 is 1.27 bits per heavy atom. The highest BCUT2D eigenvalue weighted by Crippen LogP contribution is 2.24. The number of carbonyl (C=O) groups excluding carboxylic acids is 1. The van der Waals surface area contributed by atoms with E-state index < -0.39 is 5.91 Å². The second-order valence-electron chi connectivity index (χ2n) is 5.84. The lowest BCUT2D eigenvalue weighted by Gasteiger charge is -2.35. The summed E-state index contributed by atoms with van der Waals surface area (Å²) in [6.07, 6.45) is 1.19. The van der Waals surface area contributed by atoms with Gasteiger partial charge >= 0.3 is 0 Å². The predicted molar refractivity (Wildman–Crippen MR) is 88.2 cm³/mol. The highest BCUT2D eigenvalue weighted by atomic mass is 16.1. The lowest BCUT2D eigenvalue weighted by atomic mass is 10.2. The van der Waals surface area contributed by atoms with E-state index in [1.165, 1.54) is 6.42 Å². The van der Waals surface area contributed by atoms with E-state index in [4.69, 9.17) is 10.7 Å². The average molecular weight is 301 g/mol. The number of amides is 1. The summed E-state index contributed by atoms with van der Waals surface area (Å²) < 4.78 is 2.05. The maximum Gasteiger partial charge on any atom is 0.250 e. The second-order valence-corrected chi connectivity index (χ2v) is 5.84. The summed E-state index contributed by atoms with van der Waals surface area (Å²) in [7, 11) is 1.99. The van der Waals surface area contributed by atoms with Gasteiger partial charge in [-0.1, -0.05) is 13.0 Å². The molecule has 2 heterocycles. The molecule has 0 atom stereocenters. The molecule has 118 valence electrons. The molecule has 1 amide bonds. The third kappa shape index (κ3) is 2.54. The molecular weight excluding hydrogens is 278 g/mol. The third-order valence-corrected chi connectivity index (χ3v) is 4.35. The van der Waals surface area contributed by atoms with Crippen LogP contribution in [0.25, 0.3) is 11.0 Å². The predicted octanol–water partition coefficient (Wildman–Crippen LogP) is 1.20. The first kappa shape index (κ1) is 14.8. The smallest absolute Gasteiger partial charge is 0.250 e. The van der Waals surface area contributed by atoms with Crippen LogP contribution >= 0.6 is 0 Å². The number of para-hydroxylation sites is 1. The van der Waals surface area contributed by atoms with E-state index in [1.54, 1.807) is 6.07 Å². The summed E-state index contributed by atoms with van der Waals surface area (Å²) >= 11 is 0. The topological polar surface area (TPSA) is 67.4 Å². The van der Waals surface area contributed by atoms with Crippen molar-refractivity contribution in [1.82, 2.24) is 14.5 Å². The van der Waals surface area contributed by atoms with Crippen LogP contribution in [0.1, 0.15) is 23.7 Å². The van der Waals surface area contributed by atoms with Gasteiger partial charge in [0.15, 0.2) is 0 Å². The van der Waals surface area contributed by atoms with Gasteiger partial charge in [0.25, 0.3) is 5.91 Å². The Balaban J connectivity index is 1.91. The fourth-order valence-electron chi connectivity index (χ4n) is 3.17. The molecular formula is C16H23N5O. The average Bonchev–Trinajstić information content (AvgIpc) is 2.85. The maximum atomic E-state index is 11.6. The van der Waals surface area contributed by atoms with E-state index in [2.05, 4.69) is 21.3 Å². The molecule has 0 bridgehead atoms. The van der Waals surface area contributed by atoms with Crippen molar-refractivity contribution in [2.45, 2.75) is 13.3 Å². The number of nitrogens with two attached hydrogens (primary N) is 1. The highest BCUT2D eigenvalue weighted by Gasteiger charge is 2.22. The fraction of sp³-hybridized carbons (Fsp3) is 0.500. The number of rotatable bonds is 4. The first-order valence-corrected chi connectivity index (χ1v) is 7.84. The molecule has 2 aromatic rings. The van der Waals surface area contributed by atoms with E-state index in [9.17, 15) is 4.79 Å². The lowest BCUT2D eigenvalue weighted by molar-refractivity contribution is 0.100. The van der Waals surface area contributed by atoms with Crippen LogP contribution in [0.15, 0.2) is 18.2 Å². The Bertz CT molecular complexity index is 685. The number of benzene rings is 1. The van der Waals surface area contributed by atoms with Gasteiger partial charge in [0, 0.05) is 33.2 Å². The largest absolute Gasteiger partial charge is 0.366 e. The van der Waals surface area contributed by atoms with Crippen molar-refractivity contribution in [1.29, 1.82) is 0 Å². The molecule has 0 aliphatic carbocycles. The van der Waals surface area contributed by atoms with Gasteiger partial charge < -0.3 is 15.2 Å². The Labute approximate surface area is 130 Å². The number of aromatic nitrogens is 2. The van der Waals surface area contributed by atoms with Gasteiger partial charge in [-0.05, 0) is 25.1 Å². The Hall–Kier alpha value is -2.08. The molecule has 0 spiro atoms. The second kappa shape index (κ2) is 5.96. The van der Waals surface area contributed by atoms with Crippen molar-refractivity contribution in [3.05, 3.63) is 23.8 Å². The lowest BCUT2D eigenvalue weighted by Crippen LogP contribution is -2.47. The number of imidazole rings is 1. The van der Waals surface area contributed by atoms with E-state index in [-0.39, 0.29) is 0 Å². The minimum Gasteiger partial charge on any atom is -0.366 e. The number of carbonyl (C=O) groups is 1. The summed E-state index contributed by atoms with van der Waals surface area (Å²) in [4.78, 5) is 21.0. The van der Waals surface area contributed by atoms with Gasteiger partial charge in [0.05, 0.1) is 11.1 Å². The van der Waals surface area contributed by atoms with Crippen LogP contribution in [-0.2, 0) is 7.05 Å². The van der Waals surface area contributed by atoms with Gasteiger partial charge in [0.2, 0.25) is 5.95 Å². The van der Waals surface area contributed by atoms with E-state index in [1.807, 2.05) is 19.2 Å². The molecule has 1 aromatic carbocycles. The minimum absolute atomic E-state index is 0.428. The highest BCUT2D eigenvalue weighted by molar-refractivity contribution is 6.04. The summed E-state index contributed by atoms with van der Waals surface area (Å²) in [6.45, 7) is 7.40. The first-order valence-electron chi connectivity index (χ1n) is 7.84. The molecule has 1 aliphatic heterocycles. The number of hydrogen-bond donors (Lipinski definition) is 1. The van der Waals surface area contributed by atoms with Crippen molar-refractivity contribution in [3.8, 4) is 0 Å². The molecule has 1 aromatic heterocycles. The van der Waals surface area contributed by atoms with Crippen LogP contribution in [0, 0.1) is 0 Å². The van der Waals surface area contributed by atoms with Crippen LogP contribution < -0.4 is 10.6 Å². The van der Waals surface area contributed by atoms with Crippen molar-refractivity contribution < 1.29 is 4.79 Å². The minimum atomic E-state index is -0.428. The summed E-state index contributed by atoms with van der Waals surface area (Å²) in [5.74, 6) is 0.489. The number of anilines is 1. The number of aryl methyl sites for hydroxylation is 1. The normalized spacial score (nSPS) is 16.4.